The molecule has 2 aromatic heterocycles. The van der Waals surface area contributed by atoms with Crippen molar-refractivity contribution >= 4 is 50.9 Å². The predicted molar refractivity (Wildman–Crippen MR) is 119 cm³/mol. The first-order chi connectivity index (χ1) is 13.8. The summed E-state index contributed by atoms with van der Waals surface area (Å²) in [6.45, 7) is 5.18. The summed E-state index contributed by atoms with van der Waals surface area (Å²) >= 11 is 12.1. The van der Waals surface area contributed by atoms with Gasteiger partial charge in [-0.15, -0.1) is 0 Å². The van der Waals surface area contributed by atoms with Crippen molar-refractivity contribution in [1.82, 2.24) is 14.5 Å². The predicted octanol–water partition coefficient (Wildman–Crippen LogP) is 4.32. The van der Waals surface area contributed by atoms with Gasteiger partial charge in [0, 0.05) is 36.5 Å². The Bertz CT molecular complexity index is 1070. The van der Waals surface area contributed by atoms with E-state index in [1.165, 1.54) is 0 Å². The van der Waals surface area contributed by atoms with Crippen LogP contribution in [0.25, 0.3) is 11.0 Å². The molecule has 3 rings (SSSR count). The van der Waals surface area contributed by atoms with Crippen LogP contribution >= 0.6 is 23.2 Å². The number of pyridine rings is 1. The fraction of sp³-hybridized carbons (Fsp3) is 0.400. The molecule has 2 N–H and O–H groups in total. The minimum atomic E-state index is -1.21. The van der Waals surface area contributed by atoms with Crippen LogP contribution in [0.1, 0.15) is 23.5 Å². The number of hydrogen-bond acceptors (Lipinski definition) is 5. The monoisotopic (exact) mass is 454 g/mol. The van der Waals surface area contributed by atoms with Gasteiger partial charge in [0.25, 0.3) is 0 Å². The van der Waals surface area contributed by atoms with Gasteiger partial charge in [-0.1, -0.05) is 23.2 Å². The summed E-state index contributed by atoms with van der Waals surface area (Å²) in [5, 5.41) is 0.954. The normalized spacial score (nSPS) is 12.6. The minimum Gasteiger partial charge on any atom is -0.384 e. The molecular formula is C20H24Cl2N4O2S. The number of imidazole rings is 1. The number of nitrogens with two attached hydrogens (primary N) is 1. The van der Waals surface area contributed by atoms with Crippen LogP contribution in [0, 0.1) is 13.8 Å². The second-order valence-corrected chi connectivity index (χ2v) is 9.19. The van der Waals surface area contributed by atoms with E-state index in [0.29, 0.717) is 58.0 Å². The van der Waals surface area contributed by atoms with Crippen molar-refractivity contribution in [3.63, 3.8) is 0 Å². The highest BCUT2D eigenvalue weighted by molar-refractivity contribution is 7.85. The van der Waals surface area contributed by atoms with Crippen molar-refractivity contribution in [2.45, 2.75) is 38.1 Å². The minimum absolute atomic E-state index is 0.426. The lowest BCUT2D eigenvalue weighted by atomic mass is 10.2. The number of benzene rings is 1. The summed E-state index contributed by atoms with van der Waals surface area (Å²) in [5.74, 6) is 1.79. The van der Waals surface area contributed by atoms with Crippen molar-refractivity contribution in [1.29, 1.82) is 0 Å². The van der Waals surface area contributed by atoms with Crippen molar-refractivity contribution < 1.29 is 8.95 Å². The van der Waals surface area contributed by atoms with Crippen LogP contribution in [0.15, 0.2) is 23.1 Å². The summed E-state index contributed by atoms with van der Waals surface area (Å²) in [7, 11) is 0.453. The van der Waals surface area contributed by atoms with Gasteiger partial charge in [0.1, 0.15) is 11.3 Å². The van der Waals surface area contributed by atoms with Crippen molar-refractivity contribution in [3.8, 4) is 0 Å². The van der Waals surface area contributed by atoms with Crippen LogP contribution in [0.3, 0.4) is 0 Å². The molecule has 0 fully saturated rings. The third kappa shape index (κ3) is 4.74. The van der Waals surface area contributed by atoms with Gasteiger partial charge in [0.05, 0.1) is 32.8 Å². The van der Waals surface area contributed by atoms with E-state index in [9.17, 15) is 4.21 Å². The van der Waals surface area contributed by atoms with Gasteiger partial charge in [-0.05, 0) is 44.0 Å². The molecule has 0 saturated carbocycles. The Morgan fingerprint density at radius 1 is 1.24 bits per heavy atom. The molecule has 0 aliphatic carbocycles. The van der Waals surface area contributed by atoms with E-state index < -0.39 is 10.8 Å². The van der Waals surface area contributed by atoms with Gasteiger partial charge in [-0.25, -0.2) is 9.97 Å². The van der Waals surface area contributed by atoms with E-state index in [-0.39, 0.29) is 0 Å². The molecule has 2 heterocycles. The molecule has 0 saturated heterocycles. The topological polar surface area (TPSA) is 83.0 Å². The van der Waals surface area contributed by atoms with Gasteiger partial charge in [0.15, 0.2) is 5.82 Å². The molecule has 1 unspecified atom stereocenters. The Morgan fingerprint density at radius 2 is 2.00 bits per heavy atom. The molecule has 0 aliphatic rings. The third-order valence-electron chi connectivity index (χ3n) is 4.86. The molecule has 0 radical (unpaired) electrons. The first kappa shape index (κ1) is 22.0. The zero-order valence-corrected chi connectivity index (χ0v) is 19.0. The maximum Gasteiger partial charge on any atom is 0.151 e. The smallest absolute Gasteiger partial charge is 0.151 e. The van der Waals surface area contributed by atoms with Crippen LogP contribution < -0.4 is 5.73 Å². The molecule has 6 nitrogen and oxygen atoms in total. The second-order valence-electron chi connectivity index (χ2n) is 6.81. The van der Waals surface area contributed by atoms with E-state index in [0.717, 1.165) is 22.6 Å². The van der Waals surface area contributed by atoms with E-state index in [2.05, 4.69) is 9.55 Å². The zero-order valence-electron chi connectivity index (χ0n) is 16.7. The van der Waals surface area contributed by atoms with Crippen LogP contribution in [0.5, 0.6) is 0 Å². The number of aryl methyl sites for hydroxylation is 3. The lowest BCUT2D eigenvalue weighted by molar-refractivity contribution is 0.199. The largest absolute Gasteiger partial charge is 0.384 e. The lowest BCUT2D eigenvalue weighted by Gasteiger charge is -2.12. The molecule has 0 spiro atoms. The highest BCUT2D eigenvalue weighted by Gasteiger charge is 2.18. The molecule has 3 aromatic rings. The van der Waals surface area contributed by atoms with Crippen LogP contribution in [0.2, 0.25) is 10.0 Å². The Morgan fingerprint density at radius 3 is 2.69 bits per heavy atom. The Labute approximate surface area is 182 Å². The van der Waals surface area contributed by atoms with Crippen LogP contribution in [-0.4, -0.2) is 38.2 Å². The van der Waals surface area contributed by atoms with E-state index >= 15 is 0 Å². The van der Waals surface area contributed by atoms with Crippen molar-refractivity contribution in [2.24, 2.45) is 0 Å². The van der Waals surface area contributed by atoms with Gasteiger partial charge in [0.2, 0.25) is 0 Å². The molecule has 0 aliphatic heterocycles. The SMILES string of the molecule is COCCc1nc2c(N)nc(C)c(C)c2n1CCCS(=O)c1ccc(Cl)cc1Cl. The number of methoxy groups -OCH3 is 1. The number of aromatic nitrogens is 3. The molecule has 0 bridgehead atoms. The number of nitrogen functional groups attached to an aromatic ring is 1. The first-order valence-corrected chi connectivity index (χ1v) is 11.3. The average molecular weight is 455 g/mol. The van der Waals surface area contributed by atoms with E-state index in [1.807, 2.05) is 13.8 Å². The lowest BCUT2D eigenvalue weighted by Crippen LogP contribution is -2.10. The number of anilines is 1. The molecule has 1 atom stereocenters. The fourth-order valence-corrected chi connectivity index (χ4v) is 5.07. The van der Waals surface area contributed by atoms with Crippen molar-refractivity contribution in [2.75, 3.05) is 25.2 Å². The number of rotatable bonds is 8. The fourth-order valence-electron chi connectivity index (χ4n) is 3.30. The summed E-state index contributed by atoms with van der Waals surface area (Å²) in [5.41, 5.74) is 9.75. The second kappa shape index (κ2) is 9.43. The van der Waals surface area contributed by atoms with Gasteiger partial charge >= 0.3 is 0 Å². The molecule has 9 heteroatoms. The summed E-state index contributed by atoms with van der Waals surface area (Å²) in [4.78, 5) is 9.72. The van der Waals surface area contributed by atoms with Crippen LogP contribution in [0.4, 0.5) is 5.82 Å². The van der Waals surface area contributed by atoms with E-state index in [1.54, 1.807) is 25.3 Å². The highest BCUT2D eigenvalue weighted by atomic mass is 35.5. The number of ether oxygens (including phenoxy) is 1. The van der Waals surface area contributed by atoms with Crippen LogP contribution in [-0.2, 0) is 28.5 Å². The molecular weight excluding hydrogens is 431 g/mol. The third-order valence-corrected chi connectivity index (χ3v) is 7.02. The average Bonchev–Trinajstić information content (AvgIpc) is 3.03. The number of halogens is 2. The molecule has 0 amide bonds. The highest BCUT2D eigenvalue weighted by Crippen LogP contribution is 2.27. The van der Waals surface area contributed by atoms with Gasteiger partial charge in [-0.2, -0.15) is 0 Å². The van der Waals surface area contributed by atoms with E-state index in [4.69, 9.17) is 38.7 Å². The number of nitrogens with zero attached hydrogens (tertiary/aromatic N) is 3. The maximum atomic E-state index is 12.7. The Kier molecular flexibility index (Phi) is 7.16. The van der Waals surface area contributed by atoms with Gasteiger partial charge < -0.3 is 15.0 Å². The quantitative estimate of drug-likeness (QED) is 0.547. The number of hydrogen-bond donors (Lipinski definition) is 1. The standard InChI is InChI=1S/C20H24Cl2N4O2S/c1-12-13(2)24-20(23)18-19(12)26(17(25-18)7-9-28-3)8-4-10-29(27)16-6-5-14(21)11-15(16)22/h5-6,11H,4,7-10H2,1-3H3,(H2,23,24). The Balaban J connectivity index is 1.85. The van der Waals surface area contributed by atoms with Gasteiger partial charge in [-0.3, -0.25) is 4.21 Å². The molecule has 1 aromatic carbocycles. The summed E-state index contributed by atoms with van der Waals surface area (Å²) in [6.07, 6.45) is 1.35. The molecule has 156 valence electrons. The summed E-state index contributed by atoms with van der Waals surface area (Å²) < 4.78 is 20.1. The maximum absolute atomic E-state index is 12.7. The molecule has 29 heavy (non-hydrogen) atoms. The summed E-state index contributed by atoms with van der Waals surface area (Å²) in [6, 6.07) is 5.04. The number of fused-ring (bicyclic) bond motifs is 1. The zero-order chi connectivity index (χ0) is 21.1. The Hall–Kier alpha value is -1.67. The van der Waals surface area contributed by atoms with Crippen molar-refractivity contribution in [3.05, 3.63) is 45.3 Å². The first-order valence-electron chi connectivity index (χ1n) is 9.27.